The largest absolute Gasteiger partial charge is 0.497 e. The molecule has 0 amide bonds. The Balaban J connectivity index is 1.74. The maximum Gasteiger partial charge on any atom is 0.277 e. The zero-order valence-electron chi connectivity index (χ0n) is 16.0. The van der Waals surface area contributed by atoms with Gasteiger partial charge in [0.25, 0.3) is 5.22 Å². The highest BCUT2D eigenvalue weighted by molar-refractivity contribution is 8.00. The number of hydrogen-bond donors (Lipinski definition) is 0. The molecule has 146 valence electrons. The molecule has 1 atom stereocenters. The average molecular weight is 400 g/mol. The number of nitrogens with zero attached hydrogens (tertiary/aromatic N) is 2. The first-order valence-corrected chi connectivity index (χ1v) is 9.34. The van der Waals surface area contributed by atoms with Crippen LogP contribution in [0.25, 0.3) is 11.5 Å². The molecule has 1 heterocycles. The lowest BCUT2D eigenvalue weighted by molar-refractivity contribution is 0.0993. The minimum Gasteiger partial charge on any atom is -0.497 e. The van der Waals surface area contributed by atoms with Gasteiger partial charge in [0.15, 0.2) is 5.78 Å². The second-order valence-electron chi connectivity index (χ2n) is 5.83. The molecular formula is C20H20N2O5S. The number of carbonyl (C=O) groups is 1. The summed E-state index contributed by atoms with van der Waals surface area (Å²) < 4.78 is 21.4. The zero-order chi connectivity index (χ0) is 20.1. The van der Waals surface area contributed by atoms with Gasteiger partial charge in [-0.25, -0.2) is 0 Å². The number of rotatable bonds is 8. The first-order valence-electron chi connectivity index (χ1n) is 8.46. The van der Waals surface area contributed by atoms with E-state index < -0.39 is 0 Å². The SMILES string of the molecule is COc1ccc(C(=O)[C@@H](C)Sc2nnc(-c3cc(OC)cc(OC)c3)o2)cc1. The van der Waals surface area contributed by atoms with Gasteiger partial charge in [-0.3, -0.25) is 4.79 Å². The lowest BCUT2D eigenvalue weighted by Crippen LogP contribution is -2.13. The topological polar surface area (TPSA) is 83.7 Å². The summed E-state index contributed by atoms with van der Waals surface area (Å²) in [6, 6.07) is 12.3. The van der Waals surface area contributed by atoms with E-state index in [1.807, 2.05) is 0 Å². The highest BCUT2D eigenvalue weighted by Gasteiger charge is 2.20. The second-order valence-corrected chi connectivity index (χ2v) is 7.12. The van der Waals surface area contributed by atoms with E-state index in [1.165, 1.54) is 11.8 Å². The van der Waals surface area contributed by atoms with Crippen LogP contribution in [0.1, 0.15) is 17.3 Å². The molecule has 0 aliphatic heterocycles. The van der Waals surface area contributed by atoms with Gasteiger partial charge in [-0.05, 0) is 43.3 Å². The number of ether oxygens (including phenoxy) is 3. The van der Waals surface area contributed by atoms with Crippen LogP contribution in [0.3, 0.4) is 0 Å². The van der Waals surface area contributed by atoms with Gasteiger partial charge < -0.3 is 18.6 Å². The van der Waals surface area contributed by atoms with Crippen molar-refractivity contribution in [2.75, 3.05) is 21.3 Å². The number of methoxy groups -OCH3 is 3. The van der Waals surface area contributed by atoms with Gasteiger partial charge in [0, 0.05) is 17.2 Å². The van der Waals surface area contributed by atoms with Gasteiger partial charge in [0.2, 0.25) is 5.89 Å². The van der Waals surface area contributed by atoms with Crippen molar-refractivity contribution in [2.45, 2.75) is 17.4 Å². The minimum absolute atomic E-state index is 0.0320. The molecule has 8 heteroatoms. The number of Topliss-reactive ketones (excluding diaryl/α,β-unsaturated/α-hetero) is 1. The second kappa shape index (κ2) is 8.79. The Morgan fingerprint density at radius 3 is 2.11 bits per heavy atom. The van der Waals surface area contributed by atoms with E-state index in [4.69, 9.17) is 18.6 Å². The van der Waals surface area contributed by atoms with E-state index in [2.05, 4.69) is 10.2 Å². The molecule has 1 aromatic heterocycles. The normalized spacial score (nSPS) is 11.7. The van der Waals surface area contributed by atoms with Crippen LogP contribution in [0.5, 0.6) is 17.2 Å². The van der Waals surface area contributed by atoms with Crippen LogP contribution in [0.4, 0.5) is 0 Å². The van der Waals surface area contributed by atoms with Crippen LogP contribution in [0.15, 0.2) is 52.1 Å². The van der Waals surface area contributed by atoms with Crippen LogP contribution >= 0.6 is 11.8 Å². The first kappa shape index (κ1) is 19.8. The molecule has 0 N–H and O–H groups in total. The molecule has 0 radical (unpaired) electrons. The third-order valence-electron chi connectivity index (χ3n) is 4.03. The van der Waals surface area contributed by atoms with Crippen LogP contribution in [-0.2, 0) is 0 Å². The van der Waals surface area contributed by atoms with Crippen molar-refractivity contribution in [3.05, 3.63) is 48.0 Å². The average Bonchev–Trinajstić information content (AvgIpc) is 3.21. The first-order chi connectivity index (χ1) is 13.5. The fourth-order valence-electron chi connectivity index (χ4n) is 2.50. The summed E-state index contributed by atoms with van der Waals surface area (Å²) in [5.41, 5.74) is 1.27. The Labute approximate surface area is 167 Å². The van der Waals surface area contributed by atoms with Gasteiger partial charge in [0.05, 0.1) is 26.6 Å². The van der Waals surface area contributed by atoms with Crippen molar-refractivity contribution in [2.24, 2.45) is 0 Å². The number of thioether (sulfide) groups is 1. The van der Waals surface area contributed by atoms with E-state index in [0.717, 1.165) is 0 Å². The summed E-state index contributed by atoms with van der Waals surface area (Å²) in [6.07, 6.45) is 0. The van der Waals surface area contributed by atoms with Gasteiger partial charge in [-0.1, -0.05) is 11.8 Å². The quantitative estimate of drug-likeness (QED) is 0.412. The number of aromatic nitrogens is 2. The number of hydrogen-bond acceptors (Lipinski definition) is 8. The molecule has 0 bridgehead atoms. The smallest absolute Gasteiger partial charge is 0.277 e. The van der Waals surface area contributed by atoms with Crippen molar-refractivity contribution < 1.29 is 23.4 Å². The van der Waals surface area contributed by atoms with E-state index in [9.17, 15) is 4.79 Å². The van der Waals surface area contributed by atoms with Crippen molar-refractivity contribution >= 4 is 17.5 Å². The summed E-state index contributed by atoms with van der Waals surface area (Å²) in [5.74, 6) is 2.22. The molecule has 0 saturated carbocycles. The summed E-state index contributed by atoms with van der Waals surface area (Å²) >= 11 is 1.21. The van der Waals surface area contributed by atoms with Gasteiger partial charge in [-0.15, -0.1) is 10.2 Å². The van der Waals surface area contributed by atoms with Crippen molar-refractivity contribution in [3.8, 4) is 28.7 Å². The van der Waals surface area contributed by atoms with Gasteiger partial charge >= 0.3 is 0 Å². The number of ketones is 1. The van der Waals surface area contributed by atoms with Crippen molar-refractivity contribution in [1.82, 2.24) is 10.2 Å². The molecule has 0 aliphatic carbocycles. The Kier molecular flexibility index (Phi) is 6.20. The molecule has 0 fully saturated rings. The number of benzene rings is 2. The third kappa shape index (κ3) is 4.45. The molecule has 0 aliphatic rings. The molecule has 2 aromatic carbocycles. The molecule has 0 spiro atoms. The third-order valence-corrected chi connectivity index (χ3v) is 4.96. The monoisotopic (exact) mass is 400 g/mol. The van der Waals surface area contributed by atoms with E-state index in [1.54, 1.807) is 70.7 Å². The van der Waals surface area contributed by atoms with E-state index >= 15 is 0 Å². The molecule has 7 nitrogen and oxygen atoms in total. The maximum atomic E-state index is 12.6. The predicted octanol–water partition coefficient (Wildman–Crippen LogP) is 4.13. The van der Waals surface area contributed by atoms with Crippen LogP contribution in [0, 0.1) is 0 Å². The highest BCUT2D eigenvalue weighted by atomic mass is 32.2. The Morgan fingerprint density at radius 1 is 0.929 bits per heavy atom. The Morgan fingerprint density at radius 2 is 1.54 bits per heavy atom. The van der Waals surface area contributed by atoms with E-state index in [-0.39, 0.29) is 11.0 Å². The molecule has 3 rings (SSSR count). The molecule has 0 saturated heterocycles. The molecule has 3 aromatic rings. The minimum atomic E-state index is -0.387. The molecule has 0 unspecified atom stereocenters. The summed E-state index contributed by atoms with van der Waals surface area (Å²) in [7, 11) is 4.72. The Bertz CT molecular complexity index is 933. The fraction of sp³-hybridized carbons (Fsp3) is 0.250. The molecular weight excluding hydrogens is 380 g/mol. The Hall–Kier alpha value is -3.00. The van der Waals surface area contributed by atoms with Gasteiger partial charge in [0.1, 0.15) is 17.2 Å². The lowest BCUT2D eigenvalue weighted by atomic mass is 10.1. The summed E-state index contributed by atoms with van der Waals surface area (Å²) in [4.78, 5) is 12.6. The maximum absolute atomic E-state index is 12.6. The molecule has 28 heavy (non-hydrogen) atoms. The van der Waals surface area contributed by atoms with Crippen molar-refractivity contribution in [3.63, 3.8) is 0 Å². The zero-order valence-corrected chi connectivity index (χ0v) is 16.8. The van der Waals surface area contributed by atoms with Crippen molar-refractivity contribution in [1.29, 1.82) is 0 Å². The highest BCUT2D eigenvalue weighted by Crippen LogP contribution is 2.32. The predicted molar refractivity (Wildman–Crippen MR) is 105 cm³/mol. The number of carbonyl (C=O) groups excluding carboxylic acids is 1. The van der Waals surface area contributed by atoms with Crippen LogP contribution in [0.2, 0.25) is 0 Å². The summed E-state index contributed by atoms with van der Waals surface area (Å²) in [6.45, 7) is 1.80. The lowest BCUT2D eigenvalue weighted by Gasteiger charge is -2.08. The van der Waals surface area contributed by atoms with E-state index in [0.29, 0.717) is 39.5 Å². The van der Waals surface area contributed by atoms with Crippen LogP contribution < -0.4 is 14.2 Å². The fourth-order valence-corrected chi connectivity index (χ4v) is 3.26. The van der Waals surface area contributed by atoms with Crippen LogP contribution in [-0.4, -0.2) is 42.6 Å². The van der Waals surface area contributed by atoms with Gasteiger partial charge in [-0.2, -0.15) is 0 Å². The standard InChI is InChI=1S/C20H20N2O5S/c1-12(18(23)13-5-7-15(24-2)8-6-13)28-20-22-21-19(27-20)14-9-16(25-3)11-17(10-14)26-4/h5-12H,1-4H3/t12-/m1/s1. The summed E-state index contributed by atoms with van der Waals surface area (Å²) in [5, 5.41) is 8.03.